The van der Waals surface area contributed by atoms with Crippen LogP contribution in [-0.4, -0.2) is 16.2 Å². The molecule has 98 valence electrons. The van der Waals surface area contributed by atoms with Crippen molar-refractivity contribution in [2.24, 2.45) is 0 Å². The van der Waals surface area contributed by atoms with E-state index >= 15 is 0 Å². The Bertz CT molecular complexity index is 718. The molecule has 0 unspecified atom stereocenters. The summed E-state index contributed by atoms with van der Waals surface area (Å²) in [6.45, 7) is 0. The van der Waals surface area contributed by atoms with Crippen LogP contribution in [0.2, 0.25) is 0 Å². The molecule has 2 heterocycles. The quantitative estimate of drug-likeness (QED) is 0.413. The molecule has 2 aromatic heterocycles. The van der Waals surface area contributed by atoms with E-state index in [1.807, 2.05) is 36.4 Å². The van der Waals surface area contributed by atoms with Gasteiger partial charge in [0.1, 0.15) is 0 Å². The summed E-state index contributed by atoms with van der Waals surface area (Å²) < 4.78 is 0. The van der Waals surface area contributed by atoms with Gasteiger partial charge < -0.3 is 5.41 Å². The first-order chi connectivity index (χ1) is 9.30. The molecular weight excluding hydrogens is 325 g/mol. The molecule has 0 spiro atoms. The molecule has 0 saturated carbocycles. The molecular formula is C13H9Cl2FeN3. The zero-order valence-corrected chi connectivity index (χ0v) is 12.2. The van der Waals surface area contributed by atoms with Crippen LogP contribution in [0.25, 0.3) is 21.8 Å². The Morgan fingerprint density at radius 3 is 2.32 bits per heavy atom. The van der Waals surface area contributed by atoms with Gasteiger partial charge in [-0.15, -0.1) is 0 Å². The molecule has 1 aromatic carbocycles. The predicted octanol–water partition coefficient (Wildman–Crippen LogP) is 4.16. The average molecular weight is 334 g/mol. The number of nitrogens with zero attached hydrogens (tertiary/aromatic N) is 2. The van der Waals surface area contributed by atoms with E-state index in [0.717, 1.165) is 21.8 Å². The third-order valence-corrected chi connectivity index (χ3v) is 2.60. The second kappa shape index (κ2) is 6.83. The van der Waals surface area contributed by atoms with Crippen LogP contribution in [0.1, 0.15) is 5.69 Å². The molecule has 0 bridgehead atoms. The molecule has 0 radical (unpaired) electrons. The Hall–Kier alpha value is -1.19. The molecule has 0 saturated heterocycles. The first kappa shape index (κ1) is 14.2. The van der Waals surface area contributed by atoms with E-state index in [9.17, 15) is 0 Å². The molecule has 1 N–H and O–H groups in total. The molecule has 0 aliphatic rings. The fraction of sp³-hybridized carbons (Fsp3) is 0. The van der Waals surface area contributed by atoms with Crippen molar-refractivity contribution < 1.29 is 13.1 Å². The number of fused-ring (bicyclic) bond motifs is 3. The summed E-state index contributed by atoms with van der Waals surface area (Å²) in [5, 5.41) is 9.35. The summed E-state index contributed by atoms with van der Waals surface area (Å²) in [7, 11) is 9.53. The van der Waals surface area contributed by atoms with Crippen molar-refractivity contribution in [3.05, 3.63) is 48.3 Å². The van der Waals surface area contributed by atoms with Gasteiger partial charge in [-0.25, -0.2) is 4.98 Å². The van der Waals surface area contributed by atoms with Crippen molar-refractivity contribution in [3.8, 4) is 0 Å². The number of benzene rings is 1. The maximum atomic E-state index is 7.22. The first-order valence-corrected chi connectivity index (χ1v) is 8.34. The number of hydrogen-bond donors (Lipinski definition) is 1. The SMILES string of the molecule is N=Cc1ccc2ccc3cccnc3c2n1.[Cl][Fe][Cl]. The zero-order valence-electron chi connectivity index (χ0n) is 9.62. The van der Waals surface area contributed by atoms with Crippen molar-refractivity contribution in [2.75, 3.05) is 0 Å². The van der Waals surface area contributed by atoms with E-state index in [1.54, 1.807) is 6.20 Å². The van der Waals surface area contributed by atoms with Crippen LogP contribution in [0.5, 0.6) is 0 Å². The Kier molecular flexibility index (Phi) is 5.11. The van der Waals surface area contributed by atoms with Crippen LogP contribution < -0.4 is 0 Å². The topological polar surface area (TPSA) is 49.6 Å². The molecule has 0 aliphatic heterocycles. The molecule has 0 fully saturated rings. The first-order valence-electron chi connectivity index (χ1n) is 5.30. The fourth-order valence-electron chi connectivity index (χ4n) is 1.82. The number of halogens is 2. The summed E-state index contributed by atoms with van der Waals surface area (Å²) in [5.74, 6) is 0. The number of rotatable bonds is 1. The van der Waals surface area contributed by atoms with Gasteiger partial charge in [0, 0.05) is 23.2 Å². The van der Waals surface area contributed by atoms with E-state index in [0.29, 0.717) is 5.69 Å². The molecule has 0 atom stereocenters. The van der Waals surface area contributed by atoms with Crippen molar-refractivity contribution in [2.45, 2.75) is 0 Å². The molecule has 3 rings (SSSR count). The third-order valence-electron chi connectivity index (χ3n) is 2.60. The summed E-state index contributed by atoms with van der Waals surface area (Å²) in [5.41, 5.74) is 2.41. The predicted molar refractivity (Wildman–Crippen MR) is 76.6 cm³/mol. The monoisotopic (exact) mass is 333 g/mol. The molecule has 3 aromatic rings. The van der Waals surface area contributed by atoms with E-state index < -0.39 is 0 Å². The molecule has 0 aliphatic carbocycles. The van der Waals surface area contributed by atoms with Gasteiger partial charge >= 0.3 is 33.3 Å². The number of nitrogens with one attached hydrogen (secondary N) is 1. The van der Waals surface area contributed by atoms with Gasteiger partial charge in [-0.3, -0.25) is 4.98 Å². The minimum atomic E-state index is 0.194. The molecule has 6 heteroatoms. The Balaban J connectivity index is 0.000000408. The average Bonchev–Trinajstić information content (AvgIpc) is 2.47. The third kappa shape index (κ3) is 3.23. The van der Waals surface area contributed by atoms with Gasteiger partial charge in [0.2, 0.25) is 0 Å². The number of aromatic nitrogens is 2. The van der Waals surface area contributed by atoms with Gasteiger partial charge in [-0.2, -0.15) is 0 Å². The van der Waals surface area contributed by atoms with E-state index in [1.165, 1.54) is 6.21 Å². The van der Waals surface area contributed by atoms with Crippen molar-refractivity contribution in [3.63, 3.8) is 0 Å². The van der Waals surface area contributed by atoms with Crippen LogP contribution in [0.3, 0.4) is 0 Å². The fourth-order valence-corrected chi connectivity index (χ4v) is 1.82. The summed E-state index contributed by atoms with van der Waals surface area (Å²) in [6, 6.07) is 11.8. The Morgan fingerprint density at radius 2 is 1.63 bits per heavy atom. The van der Waals surface area contributed by atoms with Crippen molar-refractivity contribution in [1.29, 1.82) is 5.41 Å². The van der Waals surface area contributed by atoms with E-state index in [2.05, 4.69) is 9.97 Å². The van der Waals surface area contributed by atoms with Crippen LogP contribution in [-0.2, 0) is 13.1 Å². The number of pyridine rings is 2. The normalized spacial score (nSPS) is 10.2. The van der Waals surface area contributed by atoms with Crippen molar-refractivity contribution >= 4 is 48.2 Å². The Labute approximate surface area is 125 Å². The Morgan fingerprint density at radius 1 is 1.00 bits per heavy atom. The molecule has 19 heavy (non-hydrogen) atoms. The molecule has 0 amide bonds. The standard InChI is InChI=1S/C13H9N3.2ClH.Fe/c14-8-11-6-5-10-4-3-9-2-1-7-15-12(9)13(10)16-11;;;/h1-8,14H;2*1H;/q;;;+2/p-2. The van der Waals surface area contributed by atoms with Gasteiger partial charge in [0.15, 0.2) is 0 Å². The van der Waals surface area contributed by atoms with Crippen molar-refractivity contribution in [1.82, 2.24) is 9.97 Å². The minimum absolute atomic E-state index is 0.194. The summed E-state index contributed by atoms with van der Waals surface area (Å²) in [4.78, 5) is 8.76. The van der Waals surface area contributed by atoms with Gasteiger partial charge in [0.25, 0.3) is 0 Å². The van der Waals surface area contributed by atoms with Crippen LogP contribution in [0.4, 0.5) is 0 Å². The van der Waals surface area contributed by atoms with Gasteiger partial charge in [0.05, 0.1) is 16.7 Å². The molecule has 3 nitrogen and oxygen atoms in total. The van der Waals surface area contributed by atoms with Crippen LogP contribution >= 0.6 is 20.2 Å². The van der Waals surface area contributed by atoms with Gasteiger partial charge in [-0.05, 0) is 12.1 Å². The second-order valence-electron chi connectivity index (χ2n) is 3.64. The van der Waals surface area contributed by atoms with Crippen LogP contribution in [0, 0.1) is 5.41 Å². The maximum absolute atomic E-state index is 7.22. The summed E-state index contributed by atoms with van der Waals surface area (Å²) >= 11 is 0.194. The van der Waals surface area contributed by atoms with Crippen LogP contribution in [0.15, 0.2) is 42.6 Å². The second-order valence-corrected chi connectivity index (χ2v) is 5.47. The van der Waals surface area contributed by atoms with Gasteiger partial charge in [-0.1, -0.05) is 24.3 Å². The zero-order chi connectivity index (χ0) is 13.7. The van der Waals surface area contributed by atoms with E-state index in [-0.39, 0.29) is 13.1 Å². The summed E-state index contributed by atoms with van der Waals surface area (Å²) in [6.07, 6.45) is 3.02. The number of hydrogen-bond acceptors (Lipinski definition) is 3. The van der Waals surface area contributed by atoms with E-state index in [4.69, 9.17) is 25.6 Å².